The van der Waals surface area contributed by atoms with E-state index < -0.39 is 18.8 Å². The van der Waals surface area contributed by atoms with Crippen LogP contribution in [0.25, 0.3) is 0 Å². The van der Waals surface area contributed by atoms with Crippen molar-refractivity contribution in [2.45, 2.75) is 13.1 Å². The molecule has 7 heteroatoms. The first kappa shape index (κ1) is 13.9. The summed E-state index contributed by atoms with van der Waals surface area (Å²) >= 11 is 0. The van der Waals surface area contributed by atoms with Crippen molar-refractivity contribution in [1.29, 1.82) is 0 Å². The molecule has 0 aromatic carbocycles. The van der Waals surface area contributed by atoms with Crippen LogP contribution in [0.3, 0.4) is 0 Å². The second kappa shape index (κ2) is 6.41. The van der Waals surface area contributed by atoms with Crippen molar-refractivity contribution in [1.82, 2.24) is 5.48 Å². The topological polar surface area (TPSA) is 47.6 Å². The van der Waals surface area contributed by atoms with Crippen LogP contribution >= 0.6 is 0 Å². The summed E-state index contributed by atoms with van der Waals surface area (Å²) in [7, 11) is 0. The quantitative estimate of drug-likeness (QED) is 0.320. The Morgan fingerprint density at radius 2 is 2.07 bits per heavy atom. The summed E-state index contributed by atoms with van der Waals surface area (Å²) in [6.45, 7) is 3.46. The molecule has 0 aromatic rings. The highest BCUT2D eigenvalue weighted by atomic mass is 19.4. The fraction of sp³-hybridized carbons (Fsp3) is 0.625. The second-order valence-electron chi connectivity index (χ2n) is 2.55. The van der Waals surface area contributed by atoms with E-state index >= 15 is 0 Å². The van der Waals surface area contributed by atoms with Crippen LogP contribution in [-0.2, 0) is 14.4 Å². The Hall–Kier alpha value is -1.08. The van der Waals surface area contributed by atoms with E-state index in [9.17, 15) is 18.0 Å². The van der Waals surface area contributed by atoms with Gasteiger partial charge in [-0.2, -0.15) is 18.7 Å². The van der Waals surface area contributed by atoms with E-state index in [1.165, 1.54) is 0 Å². The largest absolute Gasteiger partial charge is 0.463 e. The highest BCUT2D eigenvalue weighted by Crippen LogP contribution is 2.13. The molecule has 15 heavy (non-hydrogen) atoms. The Labute approximate surface area is 85.0 Å². The zero-order chi connectivity index (χ0) is 11.9. The highest BCUT2D eigenvalue weighted by Gasteiger charge is 2.27. The molecule has 0 saturated carbocycles. The number of hydroxylamine groups is 1. The van der Waals surface area contributed by atoms with Gasteiger partial charge in [-0.25, -0.2) is 4.79 Å². The molecule has 0 aliphatic heterocycles. The van der Waals surface area contributed by atoms with E-state index in [1.54, 1.807) is 6.92 Å². The van der Waals surface area contributed by atoms with E-state index in [-0.39, 0.29) is 18.7 Å². The van der Waals surface area contributed by atoms with Gasteiger partial charge >= 0.3 is 12.1 Å². The number of alkyl halides is 3. The first-order chi connectivity index (χ1) is 6.87. The van der Waals surface area contributed by atoms with E-state index in [0.717, 1.165) is 0 Å². The van der Waals surface area contributed by atoms with Crippen molar-refractivity contribution in [3.05, 3.63) is 12.2 Å². The fourth-order valence-corrected chi connectivity index (χ4v) is 0.576. The summed E-state index contributed by atoms with van der Waals surface area (Å²) in [6, 6.07) is 0. The van der Waals surface area contributed by atoms with Gasteiger partial charge in [-0.15, -0.1) is 0 Å². The summed E-state index contributed by atoms with van der Waals surface area (Å²) in [4.78, 5) is 14.9. The fourth-order valence-electron chi connectivity index (χ4n) is 0.576. The number of halogens is 3. The summed E-state index contributed by atoms with van der Waals surface area (Å²) in [5.74, 6) is -0.666. The molecule has 4 nitrogen and oxygen atoms in total. The molecular weight excluding hydrogens is 215 g/mol. The molecule has 0 heterocycles. The van der Waals surface area contributed by atoms with Crippen LogP contribution in [0.5, 0.6) is 0 Å². The van der Waals surface area contributed by atoms with Crippen LogP contribution in [0.15, 0.2) is 12.2 Å². The van der Waals surface area contributed by atoms with Crippen LogP contribution in [-0.4, -0.2) is 31.9 Å². The van der Waals surface area contributed by atoms with Crippen LogP contribution in [0.1, 0.15) is 6.92 Å². The van der Waals surface area contributed by atoms with Crippen molar-refractivity contribution in [3.8, 4) is 0 Å². The smallest absolute Gasteiger partial charge is 0.413 e. The molecule has 0 radical (unpaired) electrons. The maximum absolute atomic E-state index is 11.6. The van der Waals surface area contributed by atoms with Gasteiger partial charge in [-0.3, -0.25) is 4.84 Å². The first-order valence-electron chi connectivity index (χ1n) is 4.13. The molecule has 0 atom stereocenters. The molecule has 1 N–H and O–H groups in total. The van der Waals surface area contributed by atoms with Gasteiger partial charge in [0.2, 0.25) is 0 Å². The lowest BCUT2D eigenvalue weighted by molar-refractivity contribution is -0.188. The van der Waals surface area contributed by atoms with E-state index in [2.05, 4.69) is 16.2 Å². The number of nitrogens with one attached hydrogen (secondary N) is 1. The molecule has 0 amide bonds. The van der Waals surface area contributed by atoms with E-state index in [0.29, 0.717) is 0 Å². The minimum Gasteiger partial charge on any atom is -0.463 e. The molecular formula is C8H12F3NO3. The lowest BCUT2D eigenvalue weighted by Crippen LogP contribution is -2.27. The zero-order valence-corrected chi connectivity index (χ0v) is 8.19. The highest BCUT2D eigenvalue weighted by molar-refractivity contribution is 5.88. The molecule has 0 aromatic heterocycles. The average molecular weight is 227 g/mol. The summed E-state index contributed by atoms with van der Waals surface area (Å²) in [5, 5.41) is 0. The van der Waals surface area contributed by atoms with Crippen molar-refractivity contribution >= 4 is 5.97 Å². The monoisotopic (exact) mass is 227 g/mol. The van der Waals surface area contributed by atoms with Gasteiger partial charge in [0.1, 0.15) is 0 Å². The van der Waals surface area contributed by atoms with Gasteiger partial charge < -0.3 is 4.74 Å². The standard InChI is InChI=1S/C8H12F3NO3/c1-3-14-7(13)6(2)4-12-15-5-8(9,10)11/h12H,2-5H2,1H3. The van der Waals surface area contributed by atoms with E-state index in [1.807, 2.05) is 5.48 Å². The van der Waals surface area contributed by atoms with Gasteiger partial charge in [0.15, 0.2) is 6.61 Å². The molecule has 0 spiro atoms. The Bertz CT molecular complexity index is 228. The molecule has 0 fully saturated rings. The van der Waals surface area contributed by atoms with Gasteiger partial charge in [0.05, 0.1) is 13.2 Å². The maximum Gasteiger partial charge on any atom is 0.413 e. The Balaban J connectivity index is 3.60. The predicted molar refractivity (Wildman–Crippen MR) is 45.8 cm³/mol. The summed E-state index contributed by atoms with van der Waals surface area (Å²) < 4.78 is 39.3. The molecule has 88 valence electrons. The normalized spacial score (nSPS) is 11.2. The number of rotatable bonds is 6. The van der Waals surface area contributed by atoms with Crippen LogP contribution in [0, 0.1) is 0 Å². The molecule has 0 rings (SSSR count). The van der Waals surface area contributed by atoms with Gasteiger partial charge in [-0.05, 0) is 6.92 Å². The molecule has 0 aliphatic rings. The molecule has 0 aliphatic carbocycles. The summed E-state index contributed by atoms with van der Waals surface area (Å²) in [5.41, 5.74) is 1.96. The van der Waals surface area contributed by atoms with Crippen LogP contribution in [0.4, 0.5) is 13.2 Å². The third-order valence-corrected chi connectivity index (χ3v) is 1.19. The van der Waals surface area contributed by atoms with Crippen molar-refractivity contribution in [3.63, 3.8) is 0 Å². The lowest BCUT2D eigenvalue weighted by Gasteiger charge is -2.09. The average Bonchev–Trinajstić information content (AvgIpc) is 2.11. The van der Waals surface area contributed by atoms with Crippen molar-refractivity contribution < 1.29 is 27.5 Å². The van der Waals surface area contributed by atoms with Crippen molar-refractivity contribution in [2.24, 2.45) is 0 Å². The predicted octanol–water partition coefficient (Wildman–Crippen LogP) is 1.19. The lowest BCUT2D eigenvalue weighted by atomic mass is 10.3. The number of hydrogen-bond donors (Lipinski definition) is 1. The zero-order valence-electron chi connectivity index (χ0n) is 8.19. The Morgan fingerprint density at radius 1 is 1.47 bits per heavy atom. The molecule has 0 bridgehead atoms. The van der Waals surface area contributed by atoms with Gasteiger partial charge in [0, 0.05) is 5.57 Å². The summed E-state index contributed by atoms with van der Waals surface area (Å²) in [6.07, 6.45) is -4.40. The number of carbonyl (C=O) groups is 1. The second-order valence-corrected chi connectivity index (χ2v) is 2.55. The Kier molecular flexibility index (Phi) is 5.95. The SMILES string of the molecule is C=C(CNOCC(F)(F)F)C(=O)OCC. The number of ether oxygens (including phenoxy) is 1. The van der Waals surface area contributed by atoms with Gasteiger partial charge in [0.25, 0.3) is 0 Å². The molecule has 0 saturated heterocycles. The number of carbonyl (C=O) groups excluding carboxylic acids is 1. The van der Waals surface area contributed by atoms with Crippen molar-refractivity contribution in [2.75, 3.05) is 19.8 Å². The van der Waals surface area contributed by atoms with E-state index in [4.69, 9.17) is 0 Å². The first-order valence-corrected chi connectivity index (χ1v) is 4.13. The maximum atomic E-state index is 11.6. The van der Waals surface area contributed by atoms with Gasteiger partial charge in [-0.1, -0.05) is 6.58 Å². The van der Waals surface area contributed by atoms with Crippen LogP contribution in [0.2, 0.25) is 0 Å². The number of esters is 1. The third kappa shape index (κ3) is 7.95. The van der Waals surface area contributed by atoms with Crippen LogP contribution < -0.4 is 5.48 Å². The minimum atomic E-state index is -4.40. The Morgan fingerprint density at radius 3 is 2.53 bits per heavy atom. The third-order valence-electron chi connectivity index (χ3n) is 1.19. The molecule has 0 unspecified atom stereocenters. The number of hydrogen-bond acceptors (Lipinski definition) is 4. The minimum absolute atomic E-state index is 0.000903.